The van der Waals surface area contributed by atoms with E-state index in [-0.39, 0.29) is 39.9 Å². The first-order valence-electron chi connectivity index (χ1n) is 20.4. The van der Waals surface area contributed by atoms with Gasteiger partial charge in [0.1, 0.15) is 42.7 Å². The largest absolute Gasteiger partial charge is 0.394 e. The van der Waals surface area contributed by atoms with Gasteiger partial charge in [0.05, 0.1) is 31.0 Å². The van der Waals surface area contributed by atoms with Crippen LogP contribution in [0.15, 0.2) is 23.3 Å². The molecular weight excluding hydrogens is 696 g/mol. The minimum atomic E-state index is -1.68. The summed E-state index contributed by atoms with van der Waals surface area (Å²) >= 11 is 0. The molecule has 0 aromatic heterocycles. The molecule has 0 amide bonds. The average molecular weight is 767 g/mol. The van der Waals surface area contributed by atoms with Gasteiger partial charge in [0.25, 0.3) is 0 Å². The van der Waals surface area contributed by atoms with Gasteiger partial charge in [-0.1, -0.05) is 57.9 Å². The highest BCUT2D eigenvalue weighted by atomic mass is 16.8. The van der Waals surface area contributed by atoms with E-state index in [0.717, 1.165) is 25.7 Å². The Kier molecular flexibility index (Phi) is 12.1. The summed E-state index contributed by atoms with van der Waals surface area (Å²) in [5, 5.41) is 88.2. The average Bonchev–Trinajstić information content (AvgIpc) is 3.48. The van der Waals surface area contributed by atoms with Crippen LogP contribution in [0.5, 0.6) is 0 Å². The summed E-state index contributed by atoms with van der Waals surface area (Å²) in [5.41, 5.74) is 1.01. The molecule has 0 spiro atoms. The SMILES string of the molecule is CC(C)=CCC=C(C)[C@H]1CC[C@]2(C)[C@@H]1[C@@H](O)C[C@@H]1[C@@]3(C)CC[C@@H](O)C(C)(C)C3[C@H](O[C@@H]3O[C@H](CO)[C@@H](O)[C@H](O)[C@H]3O[C@@H]3O[C@@H](C)[C@H](O)[C@@H](O)[C@H]3O)C[C@]12C. The molecule has 6 aliphatic rings. The molecule has 2 aliphatic heterocycles. The lowest BCUT2D eigenvalue weighted by Gasteiger charge is -2.72. The van der Waals surface area contributed by atoms with Crippen molar-refractivity contribution < 1.29 is 59.8 Å². The van der Waals surface area contributed by atoms with Crippen molar-refractivity contribution in [2.45, 2.75) is 187 Å². The molecule has 0 bridgehead atoms. The third-order valence-corrected chi connectivity index (χ3v) is 16.0. The van der Waals surface area contributed by atoms with Crippen LogP contribution < -0.4 is 0 Å². The molecule has 54 heavy (non-hydrogen) atoms. The molecule has 12 heteroatoms. The molecule has 12 nitrogen and oxygen atoms in total. The highest BCUT2D eigenvalue weighted by Gasteiger charge is 2.73. The van der Waals surface area contributed by atoms with Crippen molar-refractivity contribution >= 4 is 0 Å². The Morgan fingerprint density at radius 2 is 1.44 bits per heavy atom. The third kappa shape index (κ3) is 6.79. The number of ether oxygens (including phenoxy) is 4. The number of fused-ring (bicyclic) bond motifs is 5. The highest BCUT2D eigenvalue weighted by molar-refractivity contribution is 5.24. The summed E-state index contributed by atoms with van der Waals surface area (Å²) in [5.74, 6) is 0.165. The van der Waals surface area contributed by atoms with E-state index in [9.17, 15) is 40.9 Å². The predicted molar refractivity (Wildman–Crippen MR) is 199 cm³/mol. The molecule has 2 saturated heterocycles. The van der Waals surface area contributed by atoms with Gasteiger partial charge in [0, 0.05) is 0 Å². The molecule has 2 heterocycles. The van der Waals surface area contributed by atoms with Gasteiger partial charge in [0.15, 0.2) is 12.6 Å². The van der Waals surface area contributed by atoms with Crippen LogP contribution in [0.3, 0.4) is 0 Å². The minimum absolute atomic E-state index is 0.0381. The molecule has 6 rings (SSSR count). The van der Waals surface area contributed by atoms with E-state index in [1.54, 1.807) is 0 Å². The Morgan fingerprint density at radius 1 is 0.759 bits per heavy atom. The first-order valence-corrected chi connectivity index (χ1v) is 20.4. The lowest BCUT2D eigenvalue weighted by molar-refractivity contribution is -0.381. The summed E-state index contributed by atoms with van der Waals surface area (Å²) < 4.78 is 25.2. The fourth-order valence-corrected chi connectivity index (χ4v) is 12.9. The quantitative estimate of drug-likeness (QED) is 0.133. The van der Waals surface area contributed by atoms with Crippen LogP contribution in [-0.4, -0.2) is 127 Å². The Hall–Kier alpha value is -1.00. The van der Waals surface area contributed by atoms with Crippen molar-refractivity contribution in [2.75, 3.05) is 6.61 Å². The zero-order valence-corrected chi connectivity index (χ0v) is 33.8. The Balaban J connectivity index is 1.39. The Labute approximate surface area is 321 Å². The first-order chi connectivity index (χ1) is 25.1. The second-order valence-corrected chi connectivity index (χ2v) is 19.6. The monoisotopic (exact) mass is 766 g/mol. The van der Waals surface area contributed by atoms with Crippen LogP contribution in [0.1, 0.15) is 107 Å². The number of allylic oxidation sites excluding steroid dienone is 4. The number of rotatable bonds is 8. The van der Waals surface area contributed by atoms with Gasteiger partial charge in [-0.25, -0.2) is 0 Å². The van der Waals surface area contributed by atoms with Crippen molar-refractivity contribution in [3.05, 3.63) is 23.3 Å². The topological polar surface area (TPSA) is 199 Å². The van der Waals surface area contributed by atoms with Crippen molar-refractivity contribution in [3.63, 3.8) is 0 Å². The van der Waals surface area contributed by atoms with E-state index in [0.29, 0.717) is 19.3 Å². The lowest BCUT2D eigenvalue weighted by atomic mass is 9.34. The van der Waals surface area contributed by atoms with E-state index in [4.69, 9.17) is 18.9 Å². The summed E-state index contributed by atoms with van der Waals surface area (Å²) in [4.78, 5) is 0. The maximum Gasteiger partial charge on any atom is 0.187 e. The van der Waals surface area contributed by atoms with E-state index in [1.165, 1.54) is 18.1 Å². The summed E-state index contributed by atoms with van der Waals surface area (Å²) in [6.07, 6.45) is -6.05. The van der Waals surface area contributed by atoms with Crippen molar-refractivity contribution in [1.29, 1.82) is 0 Å². The molecule has 4 saturated carbocycles. The van der Waals surface area contributed by atoms with E-state index >= 15 is 0 Å². The second-order valence-electron chi connectivity index (χ2n) is 19.6. The highest BCUT2D eigenvalue weighted by Crippen LogP contribution is 2.76. The number of hydrogen-bond donors (Lipinski definition) is 8. The molecule has 6 fully saturated rings. The molecule has 0 aromatic carbocycles. The van der Waals surface area contributed by atoms with Crippen molar-refractivity contribution in [2.24, 2.45) is 45.3 Å². The Bertz CT molecular complexity index is 1400. The predicted octanol–water partition coefficient (Wildman–Crippen LogP) is 2.95. The van der Waals surface area contributed by atoms with Crippen LogP contribution in [0.25, 0.3) is 0 Å². The lowest BCUT2D eigenvalue weighted by Crippen LogP contribution is -2.71. The molecule has 20 atom stereocenters. The maximum absolute atomic E-state index is 12.2. The summed E-state index contributed by atoms with van der Waals surface area (Å²) in [6, 6.07) is 0. The molecule has 310 valence electrons. The van der Waals surface area contributed by atoms with Gasteiger partial charge < -0.3 is 59.8 Å². The summed E-state index contributed by atoms with van der Waals surface area (Å²) in [6.45, 7) is 18.5. The number of aliphatic hydroxyl groups excluding tert-OH is 8. The zero-order valence-electron chi connectivity index (χ0n) is 33.8. The molecule has 0 radical (unpaired) electrons. The van der Waals surface area contributed by atoms with Gasteiger partial charge in [-0.3, -0.25) is 0 Å². The van der Waals surface area contributed by atoms with E-state index in [1.807, 2.05) is 0 Å². The van der Waals surface area contributed by atoms with E-state index in [2.05, 4.69) is 67.5 Å². The normalized spacial score (nSPS) is 53.3. The van der Waals surface area contributed by atoms with Crippen LogP contribution >= 0.6 is 0 Å². The first kappa shape index (κ1) is 42.6. The third-order valence-electron chi connectivity index (χ3n) is 16.0. The number of aliphatic hydroxyl groups is 8. The van der Waals surface area contributed by atoms with Crippen LogP contribution in [0.2, 0.25) is 0 Å². The van der Waals surface area contributed by atoms with Gasteiger partial charge in [-0.05, 0) is 118 Å². The minimum Gasteiger partial charge on any atom is -0.394 e. The van der Waals surface area contributed by atoms with Crippen LogP contribution in [0, 0.1) is 45.3 Å². The molecule has 8 N–H and O–H groups in total. The van der Waals surface area contributed by atoms with Crippen molar-refractivity contribution in [1.82, 2.24) is 0 Å². The zero-order chi connectivity index (χ0) is 39.9. The second kappa shape index (κ2) is 15.3. The Morgan fingerprint density at radius 3 is 2.09 bits per heavy atom. The van der Waals surface area contributed by atoms with Crippen molar-refractivity contribution in [3.8, 4) is 0 Å². The van der Waals surface area contributed by atoms with Gasteiger partial charge >= 0.3 is 0 Å². The van der Waals surface area contributed by atoms with Crippen LogP contribution in [-0.2, 0) is 18.9 Å². The molecular formula is C42H70O12. The number of hydrogen-bond acceptors (Lipinski definition) is 12. The standard InChI is InChI=1S/C42H70O12/c1-20(2)11-10-12-21(3)23-13-16-41(8)29(23)24(44)17-27-40(7)15-14-28(45)39(5,6)36(40)25(18-42(27,41)9)52-38-35(33(49)31(47)26(19-43)53-38)54-37-34(50)32(48)30(46)22(4)51-37/h11-12,22-38,43-50H,10,13-19H2,1-9H3/t22-,23+,24-,25+,26+,27+,28+,29-,30-,31+,32+,33-,34+,35+,36?,37-,38+,40+,41+,42+/m0/s1. The van der Waals surface area contributed by atoms with Gasteiger partial charge in [0.2, 0.25) is 0 Å². The molecule has 1 unspecified atom stereocenters. The van der Waals surface area contributed by atoms with Crippen LogP contribution in [0.4, 0.5) is 0 Å². The smallest absolute Gasteiger partial charge is 0.187 e. The molecule has 0 aromatic rings. The molecule has 4 aliphatic carbocycles. The fourth-order valence-electron chi connectivity index (χ4n) is 12.9. The van der Waals surface area contributed by atoms with Gasteiger partial charge in [-0.15, -0.1) is 0 Å². The van der Waals surface area contributed by atoms with E-state index < -0.39 is 91.7 Å². The van der Waals surface area contributed by atoms with Gasteiger partial charge in [-0.2, -0.15) is 0 Å². The fraction of sp³-hybridized carbons (Fsp3) is 0.905. The summed E-state index contributed by atoms with van der Waals surface area (Å²) in [7, 11) is 0. The maximum atomic E-state index is 12.2.